The molecule has 0 amide bonds. The first-order valence-electron chi connectivity index (χ1n) is 6.59. The van der Waals surface area contributed by atoms with E-state index in [2.05, 4.69) is 15.6 Å². The van der Waals surface area contributed by atoms with Crippen molar-refractivity contribution in [1.29, 1.82) is 0 Å². The molecule has 20 heavy (non-hydrogen) atoms. The molecule has 0 aliphatic rings. The van der Waals surface area contributed by atoms with E-state index in [0.29, 0.717) is 38.9 Å². The summed E-state index contributed by atoms with van der Waals surface area (Å²) in [5.74, 6) is 0.449. The molecule has 0 saturated carbocycles. The maximum atomic E-state index is 10.8. The van der Waals surface area contributed by atoms with Crippen LogP contribution in [0, 0.1) is 0 Å². The van der Waals surface area contributed by atoms with Crippen LogP contribution in [-0.2, 0) is 19.5 Å². The summed E-state index contributed by atoms with van der Waals surface area (Å²) in [6, 6.07) is 0. The zero-order chi connectivity index (χ0) is 15.3. The lowest BCUT2D eigenvalue weighted by Gasteiger charge is -2.10. The summed E-state index contributed by atoms with van der Waals surface area (Å²) in [5, 5.41) is 10.9. The van der Waals surface area contributed by atoms with Crippen LogP contribution >= 0.6 is 0 Å². The van der Waals surface area contributed by atoms with Gasteiger partial charge >= 0.3 is 0 Å². The number of guanidine groups is 1. The van der Waals surface area contributed by atoms with Crippen molar-refractivity contribution in [1.82, 2.24) is 10.6 Å². The molecule has 0 unspecified atom stereocenters. The molecule has 0 spiro atoms. The standard InChI is InChI=1S/C11H26N4O4S/c1-3-13-11(15-6-10-20(12,16)17)14-5-4-7-19-9-8-18-2/h3-10H2,1-2H3,(H2,12,16,17)(H2,13,14,15). The van der Waals surface area contributed by atoms with Gasteiger partial charge < -0.3 is 20.1 Å². The van der Waals surface area contributed by atoms with Crippen molar-refractivity contribution in [3.63, 3.8) is 0 Å². The zero-order valence-corrected chi connectivity index (χ0v) is 13.0. The molecular formula is C11H26N4O4S. The van der Waals surface area contributed by atoms with Gasteiger partial charge in [0.25, 0.3) is 0 Å². The van der Waals surface area contributed by atoms with E-state index in [-0.39, 0.29) is 12.3 Å². The second-order valence-corrected chi connectivity index (χ2v) is 5.75. The fraction of sp³-hybridized carbons (Fsp3) is 0.909. The summed E-state index contributed by atoms with van der Waals surface area (Å²) in [6.45, 7) is 5.24. The summed E-state index contributed by atoms with van der Waals surface area (Å²) in [6.07, 6.45) is 0.787. The number of nitrogens with zero attached hydrogens (tertiary/aromatic N) is 1. The van der Waals surface area contributed by atoms with E-state index in [0.717, 1.165) is 6.42 Å². The summed E-state index contributed by atoms with van der Waals surface area (Å²) >= 11 is 0. The molecule has 0 bridgehead atoms. The highest BCUT2D eigenvalue weighted by Gasteiger charge is 2.03. The van der Waals surface area contributed by atoms with Crippen LogP contribution in [-0.4, -0.2) is 66.7 Å². The minimum absolute atomic E-state index is 0.127. The van der Waals surface area contributed by atoms with Crippen molar-refractivity contribution in [3.05, 3.63) is 0 Å². The maximum Gasteiger partial charge on any atom is 0.210 e. The van der Waals surface area contributed by atoms with Gasteiger partial charge in [0, 0.05) is 33.4 Å². The van der Waals surface area contributed by atoms with E-state index in [9.17, 15) is 8.42 Å². The molecule has 9 heteroatoms. The summed E-state index contributed by atoms with van der Waals surface area (Å²) in [4.78, 5) is 4.30. The summed E-state index contributed by atoms with van der Waals surface area (Å²) in [5.41, 5.74) is 0. The van der Waals surface area contributed by atoms with E-state index in [1.54, 1.807) is 7.11 Å². The molecule has 0 fully saturated rings. The lowest BCUT2D eigenvalue weighted by atomic mass is 10.4. The predicted octanol–water partition coefficient (Wildman–Crippen LogP) is -1.12. The first kappa shape index (κ1) is 19.1. The second kappa shape index (κ2) is 11.9. The zero-order valence-electron chi connectivity index (χ0n) is 12.2. The normalized spacial score (nSPS) is 12.4. The van der Waals surface area contributed by atoms with Crippen molar-refractivity contribution in [2.75, 3.05) is 52.3 Å². The van der Waals surface area contributed by atoms with Crippen molar-refractivity contribution in [3.8, 4) is 0 Å². The number of ether oxygens (including phenoxy) is 2. The van der Waals surface area contributed by atoms with Gasteiger partial charge in [-0.25, -0.2) is 13.6 Å². The first-order chi connectivity index (χ1) is 9.49. The molecule has 0 saturated heterocycles. The number of aliphatic imine (C=N–C) groups is 1. The highest BCUT2D eigenvalue weighted by Crippen LogP contribution is 1.85. The lowest BCUT2D eigenvalue weighted by molar-refractivity contribution is 0.0702. The number of hydrogen-bond acceptors (Lipinski definition) is 5. The highest BCUT2D eigenvalue weighted by molar-refractivity contribution is 7.89. The van der Waals surface area contributed by atoms with Gasteiger partial charge in [-0.3, -0.25) is 4.99 Å². The van der Waals surface area contributed by atoms with Crippen molar-refractivity contribution >= 4 is 16.0 Å². The molecule has 0 aromatic rings. The van der Waals surface area contributed by atoms with Gasteiger partial charge in [-0.1, -0.05) is 0 Å². The molecule has 0 heterocycles. The smallest absolute Gasteiger partial charge is 0.210 e. The van der Waals surface area contributed by atoms with Gasteiger partial charge in [0.1, 0.15) is 0 Å². The van der Waals surface area contributed by atoms with Gasteiger partial charge in [-0.05, 0) is 13.3 Å². The molecule has 0 aliphatic heterocycles. The molecule has 0 aliphatic carbocycles. The summed E-state index contributed by atoms with van der Waals surface area (Å²) < 4.78 is 31.8. The van der Waals surface area contributed by atoms with Gasteiger partial charge in [0.05, 0.1) is 19.0 Å². The molecule has 0 aromatic carbocycles. The minimum atomic E-state index is -3.45. The van der Waals surface area contributed by atoms with E-state index < -0.39 is 10.0 Å². The fourth-order valence-corrected chi connectivity index (χ4v) is 1.64. The van der Waals surface area contributed by atoms with E-state index in [1.807, 2.05) is 6.92 Å². The van der Waals surface area contributed by atoms with Gasteiger partial charge in [0.15, 0.2) is 5.96 Å². The maximum absolute atomic E-state index is 10.8. The fourth-order valence-electron chi connectivity index (χ4n) is 1.26. The Morgan fingerprint density at radius 2 is 2.00 bits per heavy atom. The Hall–Kier alpha value is -0.900. The Balaban J connectivity index is 3.83. The third kappa shape index (κ3) is 13.5. The second-order valence-electron chi connectivity index (χ2n) is 4.01. The largest absolute Gasteiger partial charge is 0.382 e. The van der Waals surface area contributed by atoms with Crippen molar-refractivity contribution in [2.24, 2.45) is 10.1 Å². The van der Waals surface area contributed by atoms with E-state index in [1.165, 1.54) is 0 Å². The molecule has 0 atom stereocenters. The number of rotatable bonds is 11. The van der Waals surface area contributed by atoms with Crippen LogP contribution in [0.1, 0.15) is 13.3 Å². The molecule has 120 valence electrons. The third-order valence-corrected chi connectivity index (χ3v) is 2.94. The number of hydrogen-bond donors (Lipinski definition) is 3. The number of methoxy groups -OCH3 is 1. The van der Waals surface area contributed by atoms with Crippen molar-refractivity contribution in [2.45, 2.75) is 13.3 Å². The first-order valence-corrected chi connectivity index (χ1v) is 8.30. The quantitative estimate of drug-likeness (QED) is 0.253. The van der Waals surface area contributed by atoms with Crippen LogP contribution in [0.5, 0.6) is 0 Å². The molecule has 8 nitrogen and oxygen atoms in total. The van der Waals surface area contributed by atoms with Crippen LogP contribution in [0.2, 0.25) is 0 Å². The lowest BCUT2D eigenvalue weighted by Crippen LogP contribution is -2.40. The Kier molecular flexibility index (Phi) is 11.4. The SMILES string of the molecule is CCNC(=NCCCOCCOC)NCCS(N)(=O)=O. The van der Waals surface area contributed by atoms with E-state index in [4.69, 9.17) is 14.6 Å². The van der Waals surface area contributed by atoms with Gasteiger partial charge in [0.2, 0.25) is 10.0 Å². The average Bonchev–Trinajstić information content (AvgIpc) is 2.36. The predicted molar refractivity (Wildman–Crippen MR) is 79.3 cm³/mol. The Labute approximate surface area is 121 Å². The molecule has 4 N–H and O–H groups in total. The Bertz CT molecular complexity index is 359. The topological polar surface area (TPSA) is 115 Å². The molecule has 0 aromatic heterocycles. The number of primary sulfonamides is 1. The van der Waals surface area contributed by atoms with Crippen LogP contribution < -0.4 is 15.8 Å². The third-order valence-electron chi connectivity index (χ3n) is 2.17. The molecule has 0 radical (unpaired) electrons. The van der Waals surface area contributed by atoms with Crippen LogP contribution in [0.25, 0.3) is 0 Å². The van der Waals surface area contributed by atoms with E-state index >= 15 is 0 Å². The van der Waals surface area contributed by atoms with Crippen LogP contribution in [0.4, 0.5) is 0 Å². The highest BCUT2D eigenvalue weighted by atomic mass is 32.2. The van der Waals surface area contributed by atoms with Crippen LogP contribution in [0.15, 0.2) is 4.99 Å². The minimum Gasteiger partial charge on any atom is -0.382 e. The molecule has 0 rings (SSSR count). The Morgan fingerprint density at radius 3 is 2.60 bits per heavy atom. The average molecular weight is 310 g/mol. The number of nitrogens with one attached hydrogen (secondary N) is 2. The summed E-state index contributed by atoms with van der Waals surface area (Å²) in [7, 11) is -1.82. The van der Waals surface area contributed by atoms with Gasteiger partial charge in [-0.15, -0.1) is 0 Å². The van der Waals surface area contributed by atoms with Gasteiger partial charge in [-0.2, -0.15) is 0 Å². The number of sulfonamides is 1. The Morgan fingerprint density at radius 1 is 1.25 bits per heavy atom. The molecular weight excluding hydrogens is 284 g/mol. The monoisotopic (exact) mass is 310 g/mol. The van der Waals surface area contributed by atoms with Crippen LogP contribution in [0.3, 0.4) is 0 Å². The number of nitrogens with two attached hydrogens (primary N) is 1. The van der Waals surface area contributed by atoms with Crippen molar-refractivity contribution < 1.29 is 17.9 Å².